The van der Waals surface area contributed by atoms with Crippen LogP contribution in [0.2, 0.25) is 0 Å². The number of piperazine rings is 1. The van der Waals surface area contributed by atoms with Crippen molar-refractivity contribution in [2.75, 3.05) is 37.6 Å². The van der Waals surface area contributed by atoms with E-state index >= 15 is 0 Å². The molecule has 3 unspecified atom stereocenters. The number of benzene rings is 4. The van der Waals surface area contributed by atoms with E-state index in [0.29, 0.717) is 24.5 Å². The number of nitrogens with zero attached hydrogens (tertiary/aromatic N) is 4. The van der Waals surface area contributed by atoms with Crippen LogP contribution in [-0.2, 0) is 22.6 Å². The Morgan fingerprint density at radius 1 is 0.741 bits per heavy atom. The van der Waals surface area contributed by atoms with Crippen molar-refractivity contribution < 1.29 is 41.3 Å². The molecule has 0 spiro atoms. The molecule has 3 atom stereocenters. The first-order valence-corrected chi connectivity index (χ1v) is 17.4. The van der Waals surface area contributed by atoms with Gasteiger partial charge in [-0.3, -0.25) is 9.69 Å². The minimum Gasteiger partial charge on any atom is -0.392 e. The number of carbonyl (C=O) groups is 1. The molecule has 2 saturated heterocycles. The van der Waals surface area contributed by atoms with E-state index in [-0.39, 0.29) is 25.4 Å². The summed E-state index contributed by atoms with van der Waals surface area (Å²) in [4.78, 5) is 25.8. The highest BCUT2D eigenvalue weighted by atomic mass is 19.2. The Morgan fingerprint density at radius 3 is 2.07 bits per heavy atom. The van der Waals surface area contributed by atoms with E-state index in [0.717, 1.165) is 54.0 Å². The van der Waals surface area contributed by atoms with Crippen LogP contribution < -0.4 is 10.2 Å². The number of halogens is 5. The summed E-state index contributed by atoms with van der Waals surface area (Å²) in [6, 6.07) is 24.0. The maximum absolute atomic E-state index is 14.2. The molecule has 2 aliphatic heterocycles. The number of rotatable bonds is 10. The topological polar surface area (TPSA) is 100 Å². The minimum absolute atomic E-state index is 0.0636. The second kappa shape index (κ2) is 16.4. The van der Waals surface area contributed by atoms with Crippen molar-refractivity contribution in [2.45, 2.75) is 38.1 Å². The van der Waals surface area contributed by atoms with E-state index in [2.05, 4.69) is 25.1 Å². The lowest BCUT2D eigenvalue weighted by atomic mass is 9.98. The highest BCUT2D eigenvalue weighted by Gasteiger charge is 2.34. The van der Waals surface area contributed by atoms with Crippen molar-refractivity contribution >= 4 is 11.9 Å². The van der Waals surface area contributed by atoms with E-state index in [9.17, 15) is 31.9 Å². The third kappa shape index (κ3) is 8.11. The molecule has 0 aliphatic carbocycles. The van der Waals surface area contributed by atoms with Gasteiger partial charge in [0.2, 0.25) is 11.8 Å². The van der Waals surface area contributed by atoms with Gasteiger partial charge in [0.15, 0.2) is 29.6 Å². The predicted octanol–water partition coefficient (Wildman–Crippen LogP) is 6.63. The van der Waals surface area contributed by atoms with Crippen LogP contribution in [0.5, 0.6) is 0 Å². The summed E-state index contributed by atoms with van der Waals surface area (Å²) in [6.07, 6.45) is 2.93. The van der Waals surface area contributed by atoms with E-state index in [1.807, 2.05) is 54.6 Å². The molecule has 9 nitrogen and oxygen atoms in total. The lowest BCUT2D eigenvalue weighted by Gasteiger charge is -2.40. The van der Waals surface area contributed by atoms with E-state index in [1.165, 1.54) is 0 Å². The molecule has 7 rings (SSSR count). The lowest BCUT2D eigenvalue weighted by molar-refractivity contribution is -0.253. The highest BCUT2D eigenvalue weighted by Crippen LogP contribution is 2.39. The molecule has 2 fully saturated rings. The van der Waals surface area contributed by atoms with Gasteiger partial charge in [0.1, 0.15) is 5.56 Å². The largest absolute Gasteiger partial charge is 0.392 e. The Morgan fingerprint density at radius 2 is 1.39 bits per heavy atom. The van der Waals surface area contributed by atoms with Crippen molar-refractivity contribution in [1.82, 2.24) is 20.2 Å². The van der Waals surface area contributed by atoms with Crippen LogP contribution in [0.1, 0.15) is 51.4 Å². The minimum atomic E-state index is -2.34. The van der Waals surface area contributed by atoms with Gasteiger partial charge < -0.3 is 24.8 Å². The summed E-state index contributed by atoms with van der Waals surface area (Å²) in [5.41, 5.74) is 3.03. The fourth-order valence-corrected chi connectivity index (χ4v) is 6.71. The molecular weight excluding hydrogens is 709 g/mol. The number of ether oxygens (including phenoxy) is 2. The maximum Gasteiger partial charge on any atom is 0.257 e. The summed E-state index contributed by atoms with van der Waals surface area (Å²) < 4.78 is 82.5. The van der Waals surface area contributed by atoms with E-state index in [1.54, 1.807) is 36.7 Å². The fourth-order valence-electron chi connectivity index (χ4n) is 6.71. The van der Waals surface area contributed by atoms with E-state index in [4.69, 9.17) is 9.47 Å². The van der Waals surface area contributed by atoms with Crippen molar-refractivity contribution in [2.24, 2.45) is 0 Å². The smallest absolute Gasteiger partial charge is 0.257 e. The number of amides is 1. The quantitative estimate of drug-likeness (QED) is 0.0935. The Hall–Kier alpha value is -5.28. The first-order chi connectivity index (χ1) is 26.2. The normalized spacial score (nSPS) is 19.1. The van der Waals surface area contributed by atoms with Crippen LogP contribution in [0, 0.1) is 29.1 Å². The third-order valence-electron chi connectivity index (χ3n) is 9.59. The predicted molar refractivity (Wildman–Crippen MR) is 188 cm³/mol. The van der Waals surface area contributed by atoms with Gasteiger partial charge in [-0.2, -0.15) is 0 Å². The number of anilines is 1. The Kier molecular flexibility index (Phi) is 11.2. The molecule has 54 heavy (non-hydrogen) atoms. The van der Waals surface area contributed by atoms with Crippen molar-refractivity contribution in [3.8, 4) is 11.1 Å². The van der Waals surface area contributed by atoms with Crippen molar-refractivity contribution in [3.63, 3.8) is 0 Å². The highest BCUT2D eigenvalue weighted by molar-refractivity contribution is 5.94. The first kappa shape index (κ1) is 37.1. The third-order valence-corrected chi connectivity index (χ3v) is 9.59. The second-order valence-corrected chi connectivity index (χ2v) is 13.1. The molecule has 5 aromatic rings. The van der Waals surface area contributed by atoms with Crippen LogP contribution in [0.15, 0.2) is 91.3 Å². The molecule has 1 aromatic heterocycles. The second-order valence-electron chi connectivity index (χ2n) is 13.1. The van der Waals surface area contributed by atoms with Crippen LogP contribution in [0.4, 0.5) is 27.9 Å². The molecule has 0 saturated carbocycles. The average molecular weight is 746 g/mol. The van der Waals surface area contributed by atoms with Crippen LogP contribution in [0.3, 0.4) is 0 Å². The number of aliphatic hydroxyl groups is 1. The molecule has 280 valence electrons. The van der Waals surface area contributed by atoms with E-state index < -0.39 is 46.8 Å². The maximum atomic E-state index is 14.2. The van der Waals surface area contributed by atoms with Crippen LogP contribution >= 0.6 is 0 Å². The van der Waals surface area contributed by atoms with Gasteiger partial charge >= 0.3 is 0 Å². The molecule has 4 aromatic carbocycles. The summed E-state index contributed by atoms with van der Waals surface area (Å²) >= 11 is 0. The monoisotopic (exact) mass is 745 g/mol. The number of aromatic nitrogens is 2. The summed E-state index contributed by atoms with van der Waals surface area (Å²) in [7, 11) is 0. The molecule has 0 bridgehead atoms. The molecule has 2 N–H and O–H groups in total. The van der Waals surface area contributed by atoms with Gasteiger partial charge in [-0.1, -0.05) is 60.7 Å². The number of carbonyl (C=O) groups excluding carboxylic acids is 1. The van der Waals surface area contributed by atoms with Gasteiger partial charge in [0.25, 0.3) is 5.91 Å². The van der Waals surface area contributed by atoms with Crippen molar-refractivity contribution in [3.05, 3.63) is 148 Å². The summed E-state index contributed by atoms with van der Waals surface area (Å²) in [6.45, 7) is 3.57. The molecular formula is C40H36F5N5O4. The van der Waals surface area contributed by atoms with Gasteiger partial charge in [-0.25, -0.2) is 31.9 Å². The van der Waals surface area contributed by atoms with Crippen LogP contribution in [0.25, 0.3) is 11.1 Å². The molecule has 14 heteroatoms. The molecule has 1 amide bonds. The number of nitrogens with one attached hydrogen (secondary N) is 1. The van der Waals surface area contributed by atoms with Gasteiger partial charge in [-0.15, -0.1) is 0 Å². The molecule has 0 radical (unpaired) electrons. The number of aliphatic hydroxyl groups excluding tert-OH is 1. The van der Waals surface area contributed by atoms with Gasteiger partial charge in [-0.05, 0) is 46.0 Å². The zero-order chi connectivity index (χ0) is 37.8. The zero-order valence-corrected chi connectivity index (χ0v) is 28.9. The first-order valence-electron chi connectivity index (χ1n) is 17.4. The van der Waals surface area contributed by atoms with Crippen LogP contribution in [-0.4, -0.2) is 64.7 Å². The Balaban J connectivity index is 1.07. The molecule has 3 heterocycles. The van der Waals surface area contributed by atoms with Crippen molar-refractivity contribution in [1.29, 1.82) is 0 Å². The Labute approximate surface area is 308 Å². The lowest BCUT2D eigenvalue weighted by Crippen LogP contribution is -2.50. The molecule has 2 aliphatic rings. The zero-order valence-electron chi connectivity index (χ0n) is 28.9. The van der Waals surface area contributed by atoms with Gasteiger partial charge in [0.05, 0.1) is 18.8 Å². The fraction of sp³-hybridized carbons (Fsp3) is 0.275. The number of hydrogen-bond donors (Lipinski definition) is 2. The van der Waals surface area contributed by atoms with Gasteiger partial charge in [0, 0.05) is 63.6 Å². The standard InChI is InChI=1S/C40H36F5N5O4/c41-33-32(34(42)36(44)37(45)35(33)43)38(52)48-21-25-4-1-5-27(18-25)28-6-2-7-29(19-28)39-53-30(20-31(54-39)26-10-8-24(23-51)9-11-26)22-49-14-16-50(17-15-49)40-46-12-3-13-47-40/h1-13,18-19,30-31,39,51H,14-17,20-23H2,(H,48,52). The Bertz CT molecular complexity index is 2070. The SMILES string of the molecule is O=C(NCc1cccc(-c2cccc(C3OC(CN4CCN(c5ncccn5)CC4)CC(c4ccc(CO)cc4)O3)c2)c1)c1c(F)c(F)c(F)c(F)c1F. The summed E-state index contributed by atoms with van der Waals surface area (Å²) in [5, 5.41) is 11.8. The number of hydrogen-bond acceptors (Lipinski definition) is 8. The average Bonchev–Trinajstić information content (AvgIpc) is 3.22. The summed E-state index contributed by atoms with van der Waals surface area (Å²) in [5.74, 6) is -11.9.